The summed E-state index contributed by atoms with van der Waals surface area (Å²) < 4.78 is 2.60. The zero-order chi connectivity index (χ0) is 37.4. The lowest BCUT2D eigenvalue weighted by Crippen LogP contribution is -2.14. The first-order valence-electron chi connectivity index (χ1n) is 19.2. The zero-order valence-electron chi connectivity index (χ0n) is 31.1. The van der Waals surface area contributed by atoms with E-state index in [-0.39, 0.29) is 5.41 Å². The van der Waals surface area contributed by atoms with Gasteiger partial charge < -0.3 is 0 Å². The number of benzene rings is 8. The van der Waals surface area contributed by atoms with Crippen molar-refractivity contribution in [1.29, 1.82) is 0 Å². The number of nitrogens with zero attached hydrogens (tertiary/aromatic N) is 2. The first-order chi connectivity index (χ1) is 27.5. The van der Waals surface area contributed by atoms with Gasteiger partial charge in [0.05, 0.1) is 11.4 Å². The molecule has 0 amide bonds. The van der Waals surface area contributed by atoms with Crippen LogP contribution in [0.3, 0.4) is 0 Å². The van der Waals surface area contributed by atoms with Crippen LogP contribution < -0.4 is 0 Å². The molecule has 264 valence electrons. The highest BCUT2D eigenvalue weighted by molar-refractivity contribution is 7.26. The van der Waals surface area contributed by atoms with Gasteiger partial charge in [-0.25, -0.2) is 9.97 Å². The maximum Gasteiger partial charge on any atom is 0.160 e. The summed E-state index contributed by atoms with van der Waals surface area (Å²) in [5.41, 5.74) is 14.8. The summed E-state index contributed by atoms with van der Waals surface area (Å²) in [6, 6.07) is 66.0. The van der Waals surface area contributed by atoms with E-state index in [1.165, 1.54) is 69.9 Å². The fourth-order valence-corrected chi connectivity index (χ4v) is 10.1. The van der Waals surface area contributed by atoms with Gasteiger partial charge in [0, 0.05) is 42.3 Å². The number of thiophene rings is 1. The number of hydrogen-bond donors (Lipinski definition) is 0. The van der Waals surface area contributed by atoms with Gasteiger partial charge in [0.25, 0.3) is 0 Å². The van der Waals surface area contributed by atoms with E-state index in [0.717, 1.165) is 33.6 Å². The van der Waals surface area contributed by atoms with Crippen molar-refractivity contribution in [3.05, 3.63) is 193 Å². The summed E-state index contributed by atoms with van der Waals surface area (Å²) in [4.78, 5) is 10.9. The van der Waals surface area contributed by atoms with Crippen LogP contribution in [0.5, 0.6) is 0 Å². The minimum absolute atomic E-state index is 0.120. The quantitative estimate of drug-likeness (QED) is 0.176. The van der Waals surface area contributed by atoms with Gasteiger partial charge in [-0.05, 0) is 91.7 Å². The van der Waals surface area contributed by atoms with Crippen molar-refractivity contribution in [3.8, 4) is 67.3 Å². The minimum atomic E-state index is -0.120. The highest BCUT2D eigenvalue weighted by Gasteiger charge is 2.36. The highest BCUT2D eigenvalue weighted by atomic mass is 32.1. The van der Waals surface area contributed by atoms with E-state index in [0.29, 0.717) is 5.82 Å². The molecule has 0 bridgehead atoms. The molecule has 11 rings (SSSR count). The second-order valence-corrected chi connectivity index (χ2v) is 16.4. The number of hydrogen-bond acceptors (Lipinski definition) is 3. The zero-order valence-corrected chi connectivity index (χ0v) is 31.9. The normalized spacial score (nSPS) is 13.0. The van der Waals surface area contributed by atoms with Crippen molar-refractivity contribution in [2.75, 3.05) is 0 Å². The van der Waals surface area contributed by atoms with E-state index in [1.807, 2.05) is 11.3 Å². The third-order valence-electron chi connectivity index (χ3n) is 11.7. The second kappa shape index (κ2) is 12.7. The van der Waals surface area contributed by atoms with Gasteiger partial charge in [-0.15, -0.1) is 11.3 Å². The van der Waals surface area contributed by atoms with Gasteiger partial charge in [-0.2, -0.15) is 0 Å². The molecule has 3 heteroatoms. The van der Waals surface area contributed by atoms with Crippen LogP contribution in [0.25, 0.3) is 98.2 Å². The molecule has 2 aromatic heterocycles. The van der Waals surface area contributed by atoms with Crippen LogP contribution in [0.15, 0.2) is 182 Å². The molecule has 0 spiro atoms. The van der Waals surface area contributed by atoms with Crippen LogP contribution in [0.2, 0.25) is 0 Å². The second-order valence-electron chi connectivity index (χ2n) is 15.4. The molecule has 0 N–H and O–H groups in total. The maximum absolute atomic E-state index is 5.43. The lowest BCUT2D eigenvalue weighted by molar-refractivity contribution is 0.660. The van der Waals surface area contributed by atoms with E-state index in [9.17, 15) is 0 Å². The predicted molar refractivity (Wildman–Crippen MR) is 237 cm³/mol. The van der Waals surface area contributed by atoms with Crippen LogP contribution in [0, 0.1) is 0 Å². The summed E-state index contributed by atoms with van der Waals surface area (Å²) in [6.07, 6.45) is 0. The number of rotatable bonds is 5. The largest absolute Gasteiger partial charge is 0.228 e. The van der Waals surface area contributed by atoms with Crippen molar-refractivity contribution in [2.24, 2.45) is 0 Å². The van der Waals surface area contributed by atoms with E-state index in [2.05, 4.69) is 196 Å². The molecule has 2 nitrogen and oxygen atoms in total. The molecular weight excluding hydrogens is 697 g/mol. The topological polar surface area (TPSA) is 25.8 Å². The minimum Gasteiger partial charge on any atom is -0.228 e. The average molecular weight is 733 g/mol. The highest BCUT2D eigenvalue weighted by Crippen LogP contribution is 2.52. The summed E-state index contributed by atoms with van der Waals surface area (Å²) in [7, 11) is 0. The summed E-state index contributed by atoms with van der Waals surface area (Å²) in [5, 5.41) is 4.96. The molecule has 0 fully saturated rings. The maximum atomic E-state index is 5.43. The Hall–Kier alpha value is -6.68. The molecule has 8 aromatic carbocycles. The molecular formula is C53H36N2S. The molecule has 0 saturated heterocycles. The van der Waals surface area contributed by atoms with Crippen molar-refractivity contribution in [2.45, 2.75) is 19.3 Å². The van der Waals surface area contributed by atoms with Crippen LogP contribution in [-0.4, -0.2) is 9.97 Å². The van der Waals surface area contributed by atoms with E-state index >= 15 is 0 Å². The molecule has 56 heavy (non-hydrogen) atoms. The Morgan fingerprint density at radius 1 is 0.411 bits per heavy atom. The van der Waals surface area contributed by atoms with Crippen molar-refractivity contribution >= 4 is 42.3 Å². The standard InChI is InChI=1S/C53H36N2S/c1-53(2)45-23-10-8-19-43(45)50-44(22-13-24-46(50)53)48-32-47(54-52(55-48)36-27-26-34-16-6-7-17-35(34)28-36)39-30-37(33-14-4-3-5-15-33)29-38(31-39)40-20-12-21-42-41-18-9-11-25-49(41)56-51(40)42/h3-32H,1-2H3. The van der Waals surface area contributed by atoms with Gasteiger partial charge >= 0.3 is 0 Å². The van der Waals surface area contributed by atoms with Crippen LogP contribution in [0.4, 0.5) is 0 Å². The van der Waals surface area contributed by atoms with Crippen LogP contribution in [-0.2, 0) is 5.41 Å². The molecule has 0 unspecified atom stereocenters. The van der Waals surface area contributed by atoms with E-state index < -0.39 is 0 Å². The lowest BCUT2D eigenvalue weighted by atomic mass is 9.82. The van der Waals surface area contributed by atoms with Crippen molar-refractivity contribution < 1.29 is 0 Å². The fraction of sp³-hybridized carbons (Fsp3) is 0.0566. The molecule has 2 heterocycles. The molecule has 0 atom stereocenters. The van der Waals surface area contributed by atoms with E-state index in [4.69, 9.17) is 9.97 Å². The Bertz CT molecular complexity index is 3170. The molecule has 0 aliphatic heterocycles. The van der Waals surface area contributed by atoms with Gasteiger partial charge in [0.2, 0.25) is 0 Å². The molecule has 10 aromatic rings. The SMILES string of the molecule is CC1(C)c2ccccc2-c2c(-c3cc(-c4cc(-c5ccccc5)cc(-c5cccc6c5sc5ccccc56)c4)nc(-c4ccc5ccccc5c4)n3)cccc21. The molecule has 0 saturated carbocycles. The van der Waals surface area contributed by atoms with E-state index in [1.54, 1.807) is 0 Å². The average Bonchev–Trinajstić information content (AvgIpc) is 3.75. The fourth-order valence-electron chi connectivity index (χ4n) is 8.86. The lowest BCUT2D eigenvalue weighted by Gasteiger charge is -2.21. The smallest absolute Gasteiger partial charge is 0.160 e. The van der Waals surface area contributed by atoms with Gasteiger partial charge in [-0.3, -0.25) is 0 Å². The third-order valence-corrected chi connectivity index (χ3v) is 12.9. The Balaban J connectivity index is 1.18. The Kier molecular flexibility index (Phi) is 7.42. The summed E-state index contributed by atoms with van der Waals surface area (Å²) in [5.74, 6) is 0.713. The number of aromatic nitrogens is 2. The first-order valence-corrected chi connectivity index (χ1v) is 20.0. The van der Waals surface area contributed by atoms with Crippen LogP contribution >= 0.6 is 11.3 Å². The first kappa shape index (κ1) is 32.7. The van der Waals surface area contributed by atoms with Gasteiger partial charge in [0.15, 0.2) is 5.82 Å². The molecule has 0 radical (unpaired) electrons. The Morgan fingerprint density at radius 3 is 1.98 bits per heavy atom. The Labute approximate surface area is 330 Å². The molecule has 1 aliphatic rings. The molecule has 1 aliphatic carbocycles. The Morgan fingerprint density at radius 2 is 1.07 bits per heavy atom. The van der Waals surface area contributed by atoms with Crippen molar-refractivity contribution in [1.82, 2.24) is 9.97 Å². The predicted octanol–water partition coefficient (Wildman–Crippen LogP) is 14.6. The summed E-state index contributed by atoms with van der Waals surface area (Å²) in [6.45, 7) is 4.67. The summed E-state index contributed by atoms with van der Waals surface area (Å²) >= 11 is 1.87. The van der Waals surface area contributed by atoms with Gasteiger partial charge in [-0.1, -0.05) is 159 Å². The monoisotopic (exact) mass is 732 g/mol. The third kappa shape index (κ3) is 5.23. The van der Waals surface area contributed by atoms with Gasteiger partial charge in [0.1, 0.15) is 0 Å². The number of fused-ring (bicyclic) bond motifs is 7. The van der Waals surface area contributed by atoms with Crippen LogP contribution in [0.1, 0.15) is 25.0 Å². The van der Waals surface area contributed by atoms with Crippen molar-refractivity contribution in [3.63, 3.8) is 0 Å².